The van der Waals surface area contributed by atoms with Gasteiger partial charge >= 0.3 is 0 Å². The summed E-state index contributed by atoms with van der Waals surface area (Å²) in [6, 6.07) is 22.3. The predicted molar refractivity (Wildman–Crippen MR) is 107 cm³/mol. The van der Waals surface area contributed by atoms with Gasteiger partial charge in [0.25, 0.3) is 0 Å². The van der Waals surface area contributed by atoms with Crippen molar-refractivity contribution in [2.45, 2.75) is 6.61 Å². The number of allylic oxidation sites excluding steroid dienone is 1. The Morgan fingerprint density at radius 2 is 1.73 bits per heavy atom. The lowest BCUT2D eigenvalue weighted by Crippen LogP contribution is -1.96. The molecule has 0 N–H and O–H groups in total. The lowest BCUT2D eigenvalue weighted by atomic mass is 10.1. The summed E-state index contributed by atoms with van der Waals surface area (Å²) in [4.78, 5) is 12.3. The zero-order valence-electron chi connectivity index (χ0n) is 13.9. The molecule has 0 aromatic heterocycles. The van der Waals surface area contributed by atoms with E-state index in [1.807, 2.05) is 54.6 Å². The van der Waals surface area contributed by atoms with Gasteiger partial charge in [0.15, 0.2) is 5.78 Å². The van der Waals surface area contributed by atoms with E-state index >= 15 is 0 Å². The summed E-state index contributed by atoms with van der Waals surface area (Å²) in [6.07, 6.45) is 3.23. The van der Waals surface area contributed by atoms with Crippen molar-refractivity contribution in [2.75, 3.05) is 0 Å². The van der Waals surface area contributed by atoms with Gasteiger partial charge in [0, 0.05) is 10.6 Å². The summed E-state index contributed by atoms with van der Waals surface area (Å²) in [5.74, 6) is 0.565. The first-order valence-corrected chi connectivity index (χ1v) is 8.82. The molecule has 0 aliphatic carbocycles. The number of benzene rings is 3. The monoisotopic (exact) mass is 382 g/mol. The molecule has 26 heavy (non-hydrogen) atoms. The number of halogens is 2. The van der Waals surface area contributed by atoms with Crippen molar-refractivity contribution < 1.29 is 9.53 Å². The van der Waals surface area contributed by atoms with Crippen molar-refractivity contribution in [3.63, 3.8) is 0 Å². The second-order valence-electron chi connectivity index (χ2n) is 5.67. The smallest absolute Gasteiger partial charge is 0.187 e. The maximum Gasteiger partial charge on any atom is 0.187 e. The van der Waals surface area contributed by atoms with E-state index in [1.165, 1.54) is 6.08 Å². The minimum atomic E-state index is -0.178. The van der Waals surface area contributed by atoms with Crippen molar-refractivity contribution in [3.8, 4) is 5.75 Å². The van der Waals surface area contributed by atoms with E-state index < -0.39 is 0 Å². The van der Waals surface area contributed by atoms with Gasteiger partial charge < -0.3 is 4.74 Å². The summed E-state index contributed by atoms with van der Waals surface area (Å²) < 4.78 is 5.80. The average Bonchev–Trinajstić information content (AvgIpc) is 2.66. The van der Waals surface area contributed by atoms with Crippen LogP contribution in [0.4, 0.5) is 0 Å². The average molecular weight is 383 g/mol. The van der Waals surface area contributed by atoms with Crippen LogP contribution in [-0.4, -0.2) is 5.78 Å². The lowest BCUT2D eigenvalue weighted by Gasteiger charge is -2.07. The van der Waals surface area contributed by atoms with E-state index in [1.54, 1.807) is 24.3 Å². The molecule has 3 rings (SSSR count). The van der Waals surface area contributed by atoms with Gasteiger partial charge in [-0.1, -0.05) is 71.7 Å². The molecule has 0 aliphatic rings. The first-order valence-electron chi connectivity index (χ1n) is 8.06. The summed E-state index contributed by atoms with van der Waals surface area (Å²) in [6.45, 7) is 0.493. The maximum absolute atomic E-state index is 12.3. The third-order valence-corrected chi connectivity index (χ3v) is 4.28. The highest BCUT2D eigenvalue weighted by Crippen LogP contribution is 2.22. The Morgan fingerprint density at radius 1 is 0.923 bits per heavy atom. The quantitative estimate of drug-likeness (QED) is 0.360. The molecule has 2 nitrogen and oxygen atoms in total. The van der Waals surface area contributed by atoms with Crippen molar-refractivity contribution in [2.24, 2.45) is 0 Å². The van der Waals surface area contributed by atoms with E-state index in [4.69, 9.17) is 27.9 Å². The van der Waals surface area contributed by atoms with Crippen LogP contribution in [0.1, 0.15) is 21.5 Å². The Labute approximate surface area is 162 Å². The molecular formula is C22H16Cl2O2. The molecular weight excluding hydrogens is 367 g/mol. The fourth-order valence-corrected chi connectivity index (χ4v) is 2.90. The third kappa shape index (κ3) is 4.98. The van der Waals surface area contributed by atoms with Crippen molar-refractivity contribution in [3.05, 3.63) is 106 Å². The molecule has 0 saturated carbocycles. The van der Waals surface area contributed by atoms with Crippen LogP contribution in [0.2, 0.25) is 10.0 Å². The summed E-state index contributed by atoms with van der Waals surface area (Å²) in [5, 5.41) is 0.839. The van der Waals surface area contributed by atoms with Crippen LogP contribution >= 0.6 is 23.2 Å². The Hall–Kier alpha value is -2.55. The van der Waals surface area contributed by atoms with Gasteiger partial charge in [0.1, 0.15) is 12.4 Å². The second-order valence-corrected chi connectivity index (χ2v) is 6.51. The number of carbonyl (C=O) groups is 1. The van der Waals surface area contributed by atoms with Crippen LogP contribution < -0.4 is 4.74 Å². The highest BCUT2D eigenvalue weighted by molar-refractivity contribution is 6.37. The molecule has 0 fully saturated rings. The molecule has 4 heteroatoms. The van der Waals surface area contributed by atoms with Crippen molar-refractivity contribution >= 4 is 35.1 Å². The van der Waals surface area contributed by atoms with Crippen LogP contribution in [0.5, 0.6) is 5.75 Å². The molecule has 0 amide bonds. The molecule has 0 radical (unpaired) electrons. The summed E-state index contributed by atoms with van der Waals surface area (Å²) in [5.41, 5.74) is 2.39. The highest BCUT2D eigenvalue weighted by atomic mass is 35.5. The minimum Gasteiger partial charge on any atom is -0.489 e. The number of rotatable bonds is 6. The molecule has 0 saturated heterocycles. The fraction of sp³-hybridized carbons (Fsp3) is 0.0455. The van der Waals surface area contributed by atoms with Crippen LogP contribution in [0, 0.1) is 0 Å². The largest absolute Gasteiger partial charge is 0.489 e. The van der Waals surface area contributed by atoms with Gasteiger partial charge in [-0.05, 0) is 47.5 Å². The SMILES string of the molecule is O=C(/C=C/c1cccc(OCc2ccccc2)c1)c1ccc(Cl)cc1Cl. The van der Waals surface area contributed by atoms with Gasteiger partial charge in [0.05, 0.1) is 5.02 Å². The number of ketones is 1. The molecule has 0 atom stereocenters. The van der Waals surface area contributed by atoms with Gasteiger partial charge in [-0.3, -0.25) is 4.79 Å². The number of hydrogen-bond donors (Lipinski definition) is 0. The molecule has 0 aliphatic heterocycles. The Morgan fingerprint density at radius 3 is 2.50 bits per heavy atom. The first-order chi connectivity index (χ1) is 12.6. The number of hydrogen-bond acceptors (Lipinski definition) is 2. The predicted octanol–water partition coefficient (Wildman–Crippen LogP) is 6.47. The van der Waals surface area contributed by atoms with E-state index in [0.717, 1.165) is 16.9 Å². The molecule has 0 bridgehead atoms. The van der Waals surface area contributed by atoms with E-state index in [0.29, 0.717) is 22.2 Å². The number of ether oxygens (including phenoxy) is 1. The maximum atomic E-state index is 12.3. The van der Waals surface area contributed by atoms with Gasteiger partial charge in [-0.25, -0.2) is 0 Å². The zero-order valence-corrected chi connectivity index (χ0v) is 15.4. The van der Waals surface area contributed by atoms with Crippen molar-refractivity contribution in [1.29, 1.82) is 0 Å². The van der Waals surface area contributed by atoms with Crippen LogP contribution in [0.25, 0.3) is 6.08 Å². The van der Waals surface area contributed by atoms with Crippen molar-refractivity contribution in [1.82, 2.24) is 0 Å². The third-order valence-electron chi connectivity index (χ3n) is 3.73. The minimum absolute atomic E-state index is 0.178. The standard InChI is InChI=1S/C22H16Cl2O2/c23-18-10-11-20(21(24)14-18)22(25)12-9-16-7-4-8-19(13-16)26-15-17-5-2-1-3-6-17/h1-14H,15H2/b12-9+. The Bertz CT molecular complexity index is 934. The highest BCUT2D eigenvalue weighted by Gasteiger charge is 2.07. The van der Waals surface area contributed by atoms with Crippen LogP contribution in [0.15, 0.2) is 78.9 Å². The normalized spacial score (nSPS) is 10.8. The fourth-order valence-electron chi connectivity index (χ4n) is 2.40. The molecule has 0 unspecified atom stereocenters. The Balaban J connectivity index is 1.68. The summed E-state index contributed by atoms with van der Waals surface area (Å²) in [7, 11) is 0. The van der Waals surface area contributed by atoms with E-state index in [-0.39, 0.29) is 5.78 Å². The van der Waals surface area contributed by atoms with Crippen LogP contribution in [-0.2, 0) is 6.61 Å². The van der Waals surface area contributed by atoms with E-state index in [9.17, 15) is 4.79 Å². The molecule has 0 spiro atoms. The second kappa shape index (κ2) is 8.70. The molecule has 3 aromatic carbocycles. The van der Waals surface area contributed by atoms with Gasteiger partial charge in [-0.15, -0.1) is 0 Å². The zero-order chi connectivity index (χ0) is 18.4. The summed E-state index contributed by atoms with van der Waals surface area (Å²) >= 11 is 11.9. The van der Waals surface area contributed by atoms with Gasteiger partial charge in [0.2, 0.25) is 0 Å². The Kier molecular flexibility index (Phi) is 6.11. The lowest BCUT2D eigenvalue weighted by molar-refractivity contribution is 0.104. The number of carbonyl (C=O) groups excluding carboxylic acids is 1. The first kappa shape index (κ1) is 18.2. The topological polar surface area (TPSA) is 26.3 Å². The van der Waals surface area contributed by atoms with E-state index in [2.05, 4.69) is 0 Å². The molecule has 3 aromatic rings. The molecule has 130 valence electrons. The van der Waals surface area contributed by atoms with Crippen LogP contribution in [0.3, 0.4) is 0 Å². The van der Waals surface area contributed by atoms with Gasteiger partial charge in [-0.2, -0.15) is 0 Å². The molecule has 0 heterocycles.